The van der Waals surface area contributed by atoms with Crippen LogP contribution in [0.3, 0.4) is 0 Å². The Morgan fingerprint density at radius 2 is 2.25 bits per heavy atom. The highest BCUT2D eigenvalue weighted by Gasteiger charge is 2.04. The molecule has 2 N–H and O–H groups in total. The van der Waals surface area contributed by atoms with Crippen molar-refractivity contribution in [3.8, 4) is 0 Å². The van der Waals surface area contributed by atoms with Crippen LogP contribution in [0.2, 0.25) is 0 Å². The molecule has 2 aromatic rings. The number of pyridine rings is 1. The fourth-order valence-corrected chi connectivity index (χ4v) is 2.01. The van der Waals surface area contributed by atoms with Gasteiger partial charge in [-0.3, -0.25) is 4.98 Å². The van der Waals surface area contributed by atoms with Gasteiger partial charge >= 0.3 is 0 Å². The molecule has 84 valence electrons. The van der Waals surface area contributed by atoms with Crippen molar-refractivity contribution in [2.45, 2.75) is 13.1 Å². The maximum Gasteiger partial charge on any atom is 0.0795 e. The Bertz CT molecular complexity index is 441. The minimum Gasteiger partial charge on any atom is -0.369 e. The van der Waals surface area contributed by atoms with Gasteiger partial charge in [0, 0.05) is 30.9 Å². The second kappa shape index (κ2) is 5.05. The quantitative estimate of drug-likeness (QED) is 0.873. The fraction of sp³-hybridized carbons (Fsp3) is 0.273. The first-order valence-electron chi connectivity index (χ1n) is 5.03. The average molecular weight is 234 g/mol. The van der Waals surface area contributed by atoms with E-state index in [1.807, 2.05) is 24.7 Å². The summed E-state index contributed by atoms with van der Waals surface area (Å²) in [4.78, 5) is 10.6. The highest BCUT2D eigenvalue weighted by molar-refractivity contribution is 7.07. The Morgan fingerprint density at radius 3 is 2.94 bits per heavy atom. The maximum absolute atomic E-state index is 5.56. The fourth-order valence-electron chi connectivity index (χ4n) is 1.46. The van der Waals surface area contributed by atoms with Crippen molar-refractivity contribution in [1.82, 2.24) is 9.97 Å². The normalized spacial score (nSPS) is 10.4. The van der Waals surface area contributed by atoms with E-state index in [9.17, 15) is 0 Å². The summed E-state index contributed by atoms with van der Waals surface area (Å²) >= 11 is 1.61. The molecule has 16 heavy (non-hydrogen) atoms. The van der Waals surface area contributed by atoms with Crippen molar-refractivity contribution in [3.05, 3.63) is 40.6 Å². The van der Waals surface area contributed by atoms with Crippen molar-refractivity contribution in [3.63, 3.8) is 0 Å². The zero-order chi connectivity index (χ0) is 11.4. The smallest absolute Gasteiger partial charge is 0.0795 e. The molecule has 0 fully saturated rings. The predicted octanol–water partition coefficient (Wildman–Crippen LogP) is 1.63. The summed E-state index contributed by atoms with van der Waals surface area (Å²) in [6.45, 7) is 1.27. The van der Waals surface area contributed by atoms with Gasteiger partial charge in [0.25, 0.3) is 0 Å². The van der Waals surface area contributed by atoms with E-state index in [0.29, 0.717) is 6.54 Å². The third-order valence-corrected chi connectivity index (χ3v) is 2.97. The molecule has 0 saturated heterocycles. The Balaban J connectivity index is 2.11. The Kier molecular flexibility index (Phi) is 3.48. The Morgan fingerprint density at radius 1 is 1.38 bits per heavy atom. The van der Waals surface area contributed by atoms with Gasteiger partial charge in [0.15, 0.2) is 0 Å². The molecular weight excluding hydrogens is 220 g/mol. The molecule has 4 nitrogen and oxygen atoms in total. The van der Waals surface area contributed by atoms with Gasteiger partial charge in [0.1, 0.15) is 0 Å². The lowest BCUT2D eigenvalue weighted by atomic mass is 10.3. The molecule has 2 aromatic heterocycles. The largest absolute Gasteiger partial charge is 0.369 e. The summed E-state index contributed by atoms with van der Waals surface area (Å²) in [6, 6.07) is 3.98. The third kappa shape index (κ3) is 2.56. The van der Waals surface area contributed by atoms with E-state index in [0.717, 1.165) is 23.6 Å². The number of thiazole rings is 1. The topological polar surface area (TPSA) is 55.0 Å². The maximum atomic E-state index is 5.56. The molecular formula is C11H14N4S. The molecule has 0 radical (unpaired) electrons. The van der Waals surface area contributed by atoms with E-state index in [1.165, 1.54) is 0 Å². The highest BCUT2D eigenvalue weighted by Crippen LogP contribution is 2.15. The minimum atomic E-state index is 0.471. The van der Waals surface area contributed by atoms with Crippen LogP contribution in [0.15, 0.2) is 29.2 Å². The van der Waals surface area contributed by atoms with Crippen LogP contribution in [0.5, 0.6) is 0 Å². The molecule has 0 amide bonds. The third-order valence-electron chi connectivity index (χ3n) is 2.33. The number of aromatic nitrogens is 2. The zero-order valence-electron chi connectivity index (χ0n) is 9.13. The summed E-state index contributed by atoms with van der Waals surface area (Å²) in [5, 5.41) is 2.06. The van der Waals surface area contributed by atoms with Crippen molar-refractivity contribution in [2.75, 3.05) is 11.9 Å². The first-order chi connectivity index (χ1) is 7.79. The SMILES string of the molecule is CN(Cc1cscn1)c1ccnc(CN)c1. The molecule has 0 aliphatic carbocycles. The number of nitrogens with zero attached hydrogens (tertiary/aromatic N) is 3. The van der Waals surface area contributed by atoms with Gasteiger partial charge in [0.05, 0.1) is 23.4 Å². The minimum absolute atomic E-state index is 0.471. The molecule has 0 aromatic carbocycles. The van der Waals surface area contributed by atoms with Crippen molar-refractivity contribution in [1.29, 1.82) is 0 Å². The zero-order valence-corrected chi connectivity index (χ0v) is 9.94. The second-order valence-corrected chi connectivity index (χ2v) is 4.26. The molecule has 0 spiro atoms. The monoisotopic (exact) mass is 234 g/mol. The van der Waals surface area contributed by atoms with Crippen LogP contribution in [0.4, 0.5) is 5.69 Å². The molecule has 0 unspecified atom stereocenters. The van der Waals surface area contributed by atoms with E-state index >= 15 is 0 Å². The first kappa shape index (κ1) is 11.0. The van der Waals surface area contributed by atoms with Crippen LogP contribution in [0, 0.1) is 0 Å². The summed E-state index contributed by atoms with van der Waals surface area (Å²) in [7, 11) is 2.04. The van der Waals surface area contributed by atoms with Crippen molar-refractivity contribution < 1.29 is 0 Å². The molecule has 0 aliphatic rings. The van der Waals surface area contributed by atoms with Gasteiger partial charge in [-0.2, -0.15) is 0 Å². The molecule has 0 bridgehead atoms. The van der Waals surface area contributed by atoms with Gasteiger partial charge in [0.2, 0.25) is 0 Å². The Hall–Kier alpha value is -1.46. The van der Waals surface area contributed by atoms with Crippen LogP contribution in [0.25, 0.3) is 0 Å². The van der Waals surface area contributed by atoms with Gasteiger partial charge in [-0.05, 0) is 12.1 Å². The van der Waals surface area contributed by atoms with Crippen LogP contribution < -0.4 is 10.6 Å². The number of anilines is 1. The predicted molar refractivity (Wildman–Crippen MR) is 66.3 cm³/mol. The van der Waals surface area contributed by atoms with Gasteiger partial charge in [-0.15, -0.1) is 11.3 Å². The summed E-state index contributed by atoms with van der Waals surface area (Å²) in [5.41, 5.74) is 10.5. The van der Waals surface area contributed by atoms with E-state index in [2.05, 4.69) is 20.2 Å². The summed E-state index contributed by atoms with van der Waals surface area (Å²) < 4.78 is 0. The van der Waals surface area contributed by atoms with Crippen LogP contribution in [-0.2, 0) is 13.1 Å². The van der Waals surface area contributed by atoms with E-state index in [4.69, 9.17) is 5.73 Å². The second-order valence-electron chi connectivity index (χ2n) is 3.55. The van der Waals surface area contributed by atoms with Crippen molar-refractivity contribution in [2.24, 2.45) is 5.73 Å². The van der Waals surface area contributed by atoms with Crippen LogP contribution in [0.1, 0.15) is 11.4 Å². The van der Waals surface area contributed by atoms with E-state index < -0.39 is 0 Å². The Labute approximate surface area is 98.8 Å². The van der Waals surface area contributed by atoms with Gasteiger partial charge in [-0.25, -0.2) is 4.98 Å². The number of rotatable bonds is 4. The molecule has 2 rings (SSSR count). The number of hydrogen-bond acceptors (Lipinski definition) is 5. The van der Waals surface area contributed by atoms with Crippen LogP contribution >= 0.6 is 11.3 Å². The lowest BCUT2D eigenvalue weighted by Gasteiger charge is -2.18. The lowest BCUT2D eigenvalue weighted by Crippen LogP contribution is -2.17. The summed E-state index contributed by atoms with van der Waals surface area (Å²) in [6.07, 6.45) is 1.79. The molecule has 2 heterocycles. The van der Waals surface area contributed by atoms with Crippen LogP contribution in [-0.4, -0.2) is 17.0 Å². The van der Waals surface area contributed by atoms with E-state index in [-0.39, 0.29) is 0 Å². The van der Waals surface area contributed by atoms with Gasteiger partial charge in [-0.1, -0.05) is 0 Å². The molecule has 0 atom stereocenters. The number of hydrogen-bond donors (Lipinski definition) is 1. The number of nitrogens with two attached hydrogens (primary N) is 1. The van der Waals surface area contributed by atoms with E-state index in [1.54, 1.807) is 17.5 Å². The average Bonchev–Trinajstić information content (AvgIpc) is 2.82. The molecule has 0 saturated carbocycles. The summed E-state index contributed by atoms with van der Waals surface area (Å²) in [5.74, 6) is 0. The standard InChI is InChI=1S/C11H14N4S/c1-15(6-10-7-16-8-14-10)11-2-3-13-9(4-11)5-12/h2-4,7-8H,5-6,12H2,1H3. The highest BCUT2D eigenvalue weighted by atomic mass is 32.1. The molecule has 0 aliphatic heterocycles. The van der Waals surface area contributed by atoms with Gasteiger partial charge < -0.3 is 10.6 Å². The molecule has 5 heteroatoms. The lowest BCUT2D eigenvalue weighted by molar-refractivity contribution is 0.885. The van der Waals surface area contributed by atoms with Crippen molar-refractivity contribution >= 4 is 17.0 Å². The first-order valence-corrected chi connectivity index (χ1v) is 5.97.